The molecule has 0 radical (unpaired) electrons. The van der Waals surface area contributed by atoms with E-state index in [1.54, 1.807) is 0 Å². The Morgan fingerprint density at radius 1 is 0.710 bits per heavy atom. The monoisotopic (exact) mass is 586 g/mol. The molecule has 0 N–H and O–H groups in total. The molecule has 0 aliphatic rings. The molecule has 0 unspecified atom stereocenters. The van der Waals surface area contributed by atoms with E-state index >= 15 is 0 Å². The van der Waals surface area contributed by atoms with E-state index in [1.165, 1.54) is 11.1 Å². The van der Waals surface area contributed by atoms with Crippen LogP contribution in [0.15, 0.2) is 76.7 Å². The number of hydrogen-bond donors (Lipinski definition) is 0. The molecule has 0 spiro atoms. The number of pyridine rings is 1. The molecule has 165 valence electrons. The van der Waals surface area contributed by atoms with E-state index in [4.69, 9.17) is 4.98 Å². The number of hydrogen-bond acceptors (Lipinski definition) is 3. The van der Waals surface area contributed by atoms with Gasteiger partial charge in [-0.15, -0.1) is 0 Å². The van der Waals surface area contributed by atoms with E-state index in [0.717, 1.165) is 59.6 Å². The number of halogens is 2. The Kier molecular flexibility index (Phi) is 12.6. The molecule has 0 saturated carbocycles. The Hall–Kier alpha value is -1.60. The van der Waals surface area contributed by atoms with Gasteiger partial charge in [-0.1, -0.05) is 44.2 Å². The van der Waals surface area contributed by atoms with Crippen LogP contribution in [0.4, 0.5) is 11.4 Å². The van der Waals surface area contributed by atoms with Crippen LogP contribution in [0.3, 0.4) is 0 Å². The molecule has 3 rings (SSSR count). The summed E-state index contributed by atoms with van der Waals surface area (Å²) in [6.07, 6.45) is 7.40. The second-order valence-corrected chi connectivity index (χ2v) is 12.0. The topological polar surface area (TPSA) is 37.6 Å². The van der Waals surface area contributed by atoms with Gasteiger partial charge in [-0.25, -0.2) is 0 Å². The Morgan fingerprint density at radius 2 is 1.10 bits per heavy atom. The average molecular weight is 588 g/mol. The Balaban J connectivity index is 0.00000107. The van der Waals surface area contributed by atoms with Crippen LogP contribution in [0.25, 0.3) is 0 Å². The van der Waals surface area contributed by atoms with Crippen LogP contribution in [0, 0.1) is 0 Å². The molecule has 0 aliphatic carbocycles. The first-order valence-electron chi connectivity index (χ1n) is 10.2. The van der Waals surface area contributed by atoms with Gasteiger partial charge in [0.15, 0.2) is 0 Å². The van der Waals surface area contributed by atoms with Gasteiger partial charge in [0.25, 0.3) is 0 Å². The van der Waals surface area contributed by atoms with Gasteiger partial charge in [0.1, 0.15) is 0 Å². The molecule has 6 heteroatoms. The first-order valence-corrected chi connectivity index (χ1v) is 15.3. The van der Waals surface area contributed by atoms with Crippen LogP contribution in [-0.4, -0.2) is 17.4 Å². The van der Waals surface area contributed by atoms with Gasteiger partial charge in [0, 0.05) is 36.7 Å². The predicted octanol–water partition coefficient (Wildman–Crippen LogP) is 7.79. The average Bonchev–Trinajstić information content (AvgIpc) is 2.81. The number of benzene rings is 2. The molecule has 1 heterocycles. The first-order chi connectivity index (χ1) is 15.2. The number of rotatable bonds is 8. The standard InChI is InChI=1S/C25H27N3.2BrH.Co/c1-3-20-8-12-22(13-9-20)26-18-16-24-6-5-7-25(28-24)17-19-27-23-14-10-21(4-2)11-15-23;;;/h5-15,18-19H,3-4,16-17H2,1-2H3;2*1H;/q;;;+2/p-2. The van der Waals surface area contributed by atoms with Gasteiger partial charge >= 0.3 is 39.5 Å². The molecule has 0 aliphatic heterocycles. The van der Waals surface area contributed by atoms with E-state index in [2.05, 4.69) is 101 Å². The van der Waals surface area contributed by atoms with Crippen molar-refractivity contribution in [3.8, 4) is 0 Å². The van der Waals surface area contributed by atoms with Crippen molar-refractivity contribution in [2.45, 2.75) is 39.5 Å². The van der Waals surface area contributed by atoms with Crippen LogP contribution >= 0.6 is 28.3 Å². The first kappa shape index (κ1) is 25.7. The van der Waals surface area contributed by atoms with Crippen molar-refractivity contribution in [3.63, 3.8) is 0 Å². The second-order valence-electron chi connectivity index (χ2n) is 6.74. The summed E-state index contributed by atoms with van der Waals surface area (Å²) in [7, 11) is 0. The fourth-order valence-corrected chi connectivity index (χ4v) is 2.88. The summed E-state index contributed by atoms with van der Waals surface area (Å²) in [5, 5.41) is 0. The molecule has 3 nitrogen and oxygen atoms in total. The molecule has 31 heavy (non-hydrogen) atoms. The van der Waals surface area contributed by atoms with Gasteiger partial charge in [-0.2, -0.15) is 0 Å². The van der Waals surface area contributed by atoms with Gasteiger partial charge in [-0.05, 0) is 60.4 Å². The number of aryl methyl sites for hydroxylation is 2. The summed E-state index contributed by atoms with van der Waals surface area (Å²) in [4.78, 5) is 13.8. The molecular formula is C25H27Br2CoN3. The zero-order valence-electron chi connectivity index (χ0n) is 17.8. The third-order valence-corrected chi connectivity index (χ3v) is 4.64. The minimum absolute atomic E-state index is 0.721. The predicted molar refractivity (Wildman–Crippen MR) is 137 cm³/mol. The van der Waals surface area contributed by atoms with Crippen molar-refractivity contribution in [1.29, 1.82) is 0 Å². The Labute approximate surface area is 206 Å². The molecule has 2 aromatic carbocycles. The van der Waals surface area contributed by atoms with Crippen LogP contribution < -0.4 is 0 Å². The van der Waals surface area contributed by atoms with E-state index in [9.17, 15) is 0 Å². The van der Waals surface area contributed by atoms with Crippen LogP contribution in [0.5, 0.6) is 0 Å². The summed E-state index contributed by atoms with van der Waals surface area (Å²) < 4.78 is 0. The summed E-state index contributed by atoms with van der Waals surface area (Å²) >= 11 is 7.12. The third-order valence-electron chi connectivity index (χ3n) is 4.64. The SMILES string of the molecule is CCc1ccc(N=CCc2cccc(CC=Nc3ccc(CC)cc3)n2)cc1.[Br][Co][Br]. The fraction of sp³-hybridized carbons (Fsp3) is 0.240. The van der Waals surface area contributed by atoms with Gasteiger partial charge < -0.3 is 0 Å². The molecule has 1 aromatic heterocycles. The zero-order valence-corrected chi connectivity index (χ0v) is 22.0. The maximum atomic E-state index is 4.71. The van der Waals surface area contributed by atoms with Crippen molar-refractivity contribution in [2.24, 2.45) is 9.98 Å². The van der Waals surface area contributed by atoms with Crippen molar-refractivity contribution in [3.05, 3.63) is 89.2 Å². The van der Waals surface area contributed by atoms with E-state index < -0.39 is 0 Å². The summed E-state index contributed by atoms with van der Waals surface area (Å²) in [5.74, 6) is 0. The summed E-state index contributed by atoms with van der Waals surface area (Å²) in [5.41, 5.74) is 6.66. The fourth-order valence-electron chi connectivity index (χ4n) is 2.88. The molecule has 3 aromatic rings. The molecule has 0 amide bonds. The van der Waals surface area contributed by atoms with Crippen LogP contribution in [0.2, 0.25) is 0 Å². The van der Waals surface area contributed by atoms with Crippen molar-refractivity contribution >= 4 is 52.1 Å². The quantitative estimate of drug-likeness (QED) is 0.248. The molecule has 0 fully saturated rings. The number of aliphatic imine (C=N–C) groups is 2. The van der Waals surface area contributed by atoms with Gasteiger partial charge in [0.05, 0.1) is 11.4 Å². The van der Waals surface area contributed by atoms with E-state index in [-0.39, 0.29) is 0 Å². The van der Waals surface area contributed by atoms with E-state index in [1.807, 2.05) is 30.6 Å². The van der Waals surface area contributed by atoms with Crippen LogP contribution in [0.1, 0.15) is 36.4 Å². The second kappa shape index (κ2) is 15.2. The normalized spacial score (nSPS) is 11.1. The molecule has 0 bridgehead atoms. The molecule has 0 atom stereocenters. The number of nitrogens with zero attached hydrogens (tertiary/aromatic N) is 3. The van der Waals surface area contributed by atoms with Crippen molar-refractivity contribution in [1.82, 2.24) is 4.98 Å². The maximum absolute atomic E-state index is 4.71. The van der Waals surface area contributed by atoms with Gasteiger partial charge in [0.2, 0.25) is 0 Å². The number of aromatic nitrogens is 1. The molecule has 0 saturated heterocycles. The zero-order chi connectivity index (χ0) is 22.3. The summed E-state index contributed by atoms with van der Waals surface area (Å²) in [6.45, 7) is 4.31. The van der Waals surface area contributed by atoms with Crippen LogP contribution in [-0.2, 0) is 36.8 Å². The third kappa shape index (κ3) is 10.0. The molecular weight excluding hydrogens is 561 g/mol. The Morgan fingerprint density at radius 3 is 1.45 bits per heavy atom. The van der Waals surface area contributed by atoms with Crippen molar-refractivity contribution < 1.29 is 11.1 Å². The Bertz CT molecular complexity index is 881. The van der Waals surface area contributed by atoms with Crippen molar-refractivity contribution in [2.75, 3.05) is 0 Å². The van der Waals surface area contributed by atoms with Gasteiger partial charge in [-0.3, -0.25) is 15.0 Å². The minimum atomic E-state index is 0.721. The van der Waals surface area contributed by atoms with E-state index in [0.29, 0.717) is 0 Å². The summed E-state index contributed by atoms with van der Waals surface area (Å²) in [6, 6.07) is 22.9.